The molecule has 0 spiro atoms. The molecule has 0 radical (unpaired) electrons. The van der Waals surface area contributed by atoms with Crippen molar-refractivity contribution in [2.24, 2.45) is 0 Å². The Morgan fingerprint density at radius 3 is 2.92 bits per heavy atom. The van der Waals surface area contributed by atoms with Crippen LogP contribution < -0.4 is 5.32 Å². The zero-order valence-corrected chi connectivity index (χ0v) is 12.5. The van der Waals surface area contributed by atoms with Crippen LogP contribution in [0.5, 0.6) is 0 Å². The second kappa shape index (κ2) is 5.44. The molecule has 122 valence electrons. The standard InChI is InChI=1S/C15H13N5O4/c21-13(7-20-6-11(15(22)23)18-19-20)16-9-3-4-12-10(5-9)17-14(24-12)8-1-2-8/h3-6,8H,1-2,7H2,(H,16,21)(H,22,23). The quantitative estimate of drug-likeness (QED) is 0.730. The number of rotatable bonds is 5. The Morgan fingerprint density at radius 2 is 2.21 bits per heavy atom. The summed E-state index contributed by atoms with van der Waals surface area (Å²) in [4.78, 5) is 27.2. The average molecular weight is 327 g/mol. The molecule has 0 aliphatic heterocycles. The van der Waals surface area contributed by atoms with Crippen LogP contribution in [0.1, 0.15) is 35.1 Å². The first kappa shape index (κ1) is 14.4. The zero-order valence-electron chi connectivity index (χ0n) is 12.5. The fourth-order valence-electron chi connectivity index (χ4n) is 2.35. The van der Waals surface area contributed by atoms with Gasteiger partial charge in [0.15, 0.2) is 17.2 Å². The summed E-state index contributed by atoms with van der Waals surface area (Å²) in [5, 5.41) is 18.5. The fraction of sp³-hybridized carbons (Fsp3) is 0.267. The van der Waals surface area contributed by atoms with Crippen LogP contribution in [0.3, 0.4) is 0 Å². The van der Waals surface area contributed by atoms with Gasteiger partial charge >= 0.3 is 5.97 Å². The van der Waals surface area contributed by atoms with Gasteiger partial charge in [0.1, 0.15) is 12.1 Å². The van der Waals surface area contributed by atoms with Gasteiger partial charge in [-0.25, -0.2) is 14.5 Å². The van der Waals surface area contributed by atoms with Crippen LogP contribution in [-0.4, -0.2) is 37.0 Å². The first-order valence-electron chi connectivity index (χ1n) is 7.42. The van der Waals surface area contributed by atoms with Gasteiger partial charge in [0.2, 0.25) is 5.91 Å². The maximum Gasteiger partial charge on any atom is 0.358 e. The summed E-state index contributed by atoms with van der Waals surface area (Å²) in [6.45, 7) is -0.134. The molecule has 0 atom stereocenters. The van der Waals surface area contributed by atoms with Gasteiger partial charge in [-0.05, 0) is 31.0 Å². The van der Waals surface area contributed by atoms with E-state index < -0.39 is 5.97 Å². The molecule has 0 saturated heterocycles. The van der Waals surface area contributed by atoms with Gasteiger partial charge < -0.3 is 14.8 Å². The van der Waals surface area contributed by atoms with Crippen molar-refractivity contribution in [2.45, 2.75) is 25.3 Å². The van der Waals surface area contributed by atoms with Gasteiger partial charge in [-0.3, -0.25) is 4.79 Å². The molecule has 2 N–H and O–H groups in total. The van der Waals surface area contributed by atoms with E-state index in [-0.39, 0.29) is 18.1 Å². The summed E-state index contributed by atoms with van der Waals surface area (Å²) in [6, 6.07) is 5.24. The number of carboxylic acids is 1. The lowest BCUT2D eigenvalue weighted by molar-refractivity contribution is -0.116. The average Bonchev–Trinajstić information content (AvgIpc) is 3.13. The third-order valence-corrected chi connectivity index (χ3v) is 3.68. The van der Waals surface area contributed by atoms with E-state index in [1.807, 2.05) is 0 Å². The molecule has 9 nitrogen and oxygen atoms in total. The number of oxazole rings is 1. The van der Waals surface area contributed by atoms with Crippen LogP contribution in [0.15, 0.2) is 28.8 Å². The van der Waals surface area contributed by atoms with E-state index in [1.165, 1.54) is 10.9 Å². The number of amides is 1. The Morgan fingerprint density at radius 1 is 1.38 bits per heavy atom. The number of hydrogen-bond acceptors (Lipinski definition) is 6. The number of aromatic carboxylic acids is 1. The number of benzene rings is 1. The molecule has 9 heteroatoms. The lowest BCUT2D eigenvalue weighted by Gasteiger charge is -2.04. The minimum absolute atomic E-state index is 0.134. The van der Waals surface area contributed by atoms with Crippen molar-refractivity contribution in [1.82, 2.24) is 20.0 Å². The van der Waals surface area contributed by atoms with Crippen LogP contribution in [0, 0.1) is 0 Å². The maximum atomic E-state index is 12.0. The van der Waals surface area contributed by atoms with Crippen molar-refractivity contribution in [3.63, 3.8) is 0 Å². The third-order valence-electron chi connectivity index (χ3n) is 3.68. The molecule has 1 fully saturated rings. The molecule has 1 saturated carbocycles. The highest BCUT2D eigenvalue weighted by molar-refractivity contribution is 5.92. The van der Waals surface area contributed by atoms with Gasteiger partial charge in [0, 0.05) is 11.6 Å². The third kappa shape index (κ3) is 2.83. The smallest absolute Gasteiger partial charge is 0.358 e. The summed E-state index contributed by atoms with van der Waals surface area (Å²) in [5.74, 6) is -0.366. The van der Waals surface area contributed by atoms with Crippen molar-refractivity contribution < 1.29 is 19.1 Å². The highest BCUT2D eigenvalue weighted by Gasteiger charge is 2.28. The minimum atomic E-state index is -1.19. The summed E-state index contributed by atoms with van der Waals surface area (Å²) in [6.07, 6.45) is 3.41. The molecular weight excluding hydrogens is 314 g/mol. The molecule has 1 aromatic carbocycles. The molecule has 0 bridgehead atoms. The number of aromatic nitrogens is 4. The predicted octanol–water partition coefficient (Wildman–Crippen LogP) is 1.63. The van der Waals surface area contributed by atoms with Crippen LogP contribution in [-0.2, 0) is 11.3 Å². The number of carbonyl (C=O) groups is 2. The van der Waals surface area contributed by atoms with E-state index in [4.69, 9.17) is 9.52 Å². The van der Waals surface area contributed by atoms with Crippen molar-refractivity contribution in [1.29, 1.82) is 0 Å². The van der Waals surface area contributed by atoms with E-state index in [2.05, 4.69) is 20.6 Å². The molecule has 1 aliphatic carbocycles. The first-order chi connectivity index (χ1) is 11.6. The van der Waals surface area contributed by atoms with Crippen LogP contribution >= 0.6 is 0 Å². The topological polar surface area (TPSA) is 123 Å². The highest BCUT2D eigenvalue weighted by Crippen LogP contribution is 2.40. The molecule has 0 unspecified atom stereocenters. The number of anilines is 1. The summed E-state index contributed by atoms with van der Waals surface area (Å²) in [7, 11) is 0. The number of nitrogens with one attached hydrogen (secondary N) is 1. The summed E-state index contributed by atoms with van der Waals surface area (Å²) >= 11 is 0. The SMILES string of the molecule is O=C(Cn1cc(C(=O)O)nn1)Nc1ccc2oc(C3CC3)nc2c1. The largest absolute Gasteiger partial charge is 0.476 e. The second-order valence-corrected chi connectivity index (χ2v) is 5.66. The normalized spacial score (nSPS) is 14.0. The molecule has 1 amide bonds. The Hall–Kier alpha value is -3.23. The molecule has 2 aromatic heterocycles. The van der Waals surface area contributed by atoms with Gasteiger partial charge in [-0.15, -0.1) is 5.10 Å². The Bertz CT molecular complexity index is 940. The van der Waals surface area contributed by atoms with Crippen LogP contribution in [0.2, 0.25) is 0 Å². The summed E-state index contributed by atoms with van der Waals surface area (Å²) in [5.41, 5.74) is 1.77. The van der Waals surface area contributed by atoms with E-state index in [9.17, 15) is 9.59 Å². The Balaban J connectivity index is 1.46. The molecule has 24 heavy (non-hydrogen) atoms. The van der Waals surface area contributed by atoms with Crippen molar-refractivity contribution in [3.05, 3.63) is 36.0 Å². The second-order valence-electron chi connectivity index (χ2n) is 5.66. The van der Waals surface area contributed by atoms with E-state index in [0.29, 0.717) is 22.7 Å². The van der Waals surface area contributed by atoms with E-state index in [0.717, 1.165) is 18.7 Å². The van der Waals surface area contributed by atoms with Crippen molar-refractivity contribution >= 4 is 28.7 Å². The van der Waals surface area contributed by atoms with E-state index >= 15 is 0 Å². The number of hydrogen-bond donors (Lipinski definition) is 2. The van der Waals surface area contributed by atoms with Gasteiger partial charge in [-0.1, -0.05) is 5.21 Å². The monoisotopic (exact) mass is 327 g/mol. The zero-order chi connectivity index (χ0) is 16.7. The molecular formula is C15H13N5O4. The lowest BCUT2D eigenvalue weighted by Crippen LogP contribution is -2.19. The molecule has 1 aliphatic rings. The van der Waals surface area contributed by atoms with Crippen LogP contribution in [0.4, 0.5) is 5.69 Å². The number of carbonyl (C=O) groups excluding carboxylic acids is 1. The van der Waals surface area contributed by atoms with Gasteiger partial charge in [0.25, 0.3) is 0 Å². The lowest BCUT2D eigenvalue weighted by atomic mass is 10.3. The van der Waals surface area contributed by atoms with Gasteiger partial charge in [0.05, 0.1) is 6.20 Å². The Labute approximate surface area is 135 Å². The van der Waals surface area contributed by atoms with Crippen molar-refractivity contribution in [2.75, 3.05) is 5.32 Å². The number of fused-ring (bicyclic) bond motifs is 1. The molecule has 3 aromatic rings. The number of nitrogens with zero attached hydrogens (tertiary/aromatic N) is 4. The van der Waals surface area contributed by atoms with Crippen LogP contribution in [0.25, 0.3) is 11.1 Å². The minimum Gasteiger partial charge on any atom is -0.476 e. The van der Waals surface area contributed by atoms with E-state index in [1.54, 1.807) is 18.2 Å². The van der Waals surface area contributed by atoms with Gasteiger partial charge in [-0.2, -0.15) is 0 Å². The summed E-state index contributed by atoms with van der Waals surface area (Å²) < 4.78 is 6.84. The highest BCUT2D eigenvalue weighted by atomic mass is 16.4. The molecule has 2 heterocycles. The predicted molar refractivity (Wildman–Crippen MR) is 81.6 cm³/mol. The van der Waals surface area contributed by atoms with Crippen molar-refractivity contribution in [3.8, 4) is 0 Å². The fourth-order valence-corrected chi connectivity index (χ4v) is 2.35. The number of carboxylic acid groups (broad SMARTS) is 1. The Kier molecular flexibility index (Phi) is 3.26. The molecule has 4 rings (SSSR count). The first-order valence-corrected chi connectivity index (χ1v) is 7.42. The maximum absolute atomic E-state index is 12.0.